The number of rotatable bonds is 7. The third-order valence-corrected chi connectivity index (χ3v) is 5.21. The van der Waals surface area contributed by atoms with Gasteiger partial charge in [-0.05, 0) is 55.9 Å². The van der Waals surface area contributed by atoms with Crippen LogP contribution in [0, 0.1) is 17.8 Å². The van der Waals surface area contributed by atoms with E-state index in [9.17, 15) is 15.3 Å². The fourth-order valence-corrected chi connectivity index (χ4v) is 3.93. The number of hydrogen-bond acceptors (Lipinski definition) is 4. The highest BCUT2D eigenvalue weighted by Crippen LogP contribution is 2.42. The highest BCUT2D eigenvalue weighted by Gasteiger charge is 2.37. The van der Waals surface area contributed by atoms with Gasteiger partial charge in [0.25, 0.3) is 0 Å². The minimum absolute atomic E-state index is 0.0548. The SMILES string of the molecule is C[13C@H]1C=[13CH]C2=[13CH]C[13CH2][C@H](O)[13C@@H]2[C@H]1[13CH2]C[13C@@H]([18OH])C[13C@@H]([18OH])C[13CH2][18OH]. The molecule has 0 amide bonds. The predicted molar refractivity (Wildman–Crippen MR) is 86.2 cm³/mol. The van der Waals surface area contributed by atoms with Crippen LogP contribution in [0.15, 0.2) is 23.8 Å². The first kappa shape index (κ1) is 17.7. The molecular formula is C18H30O4. The van der Waals surface area contributed by atoms with Gasteiger partial charge in [-0.2, -0.15) is 0 Å². The molecule has 0 spiro atoms. The van der Waals surface area contributed by atoms with Gasteiger partial charge < -0.3 is 20.4 Å². The summed E-state index contributed by atoms with van der Waals surface area (Å²) in [6.45, 7) is 2.12. The maximum atomic E-state index is 10.4. The van der Waals surface area contributed by atoms with Crippen LogP contribution in [0.2, 0.25) is 0 Å². The van der Waals surface area contributed by atoms with Crippen molar-refractivity contribution in [1.82, 2.24) is 0 Å². The Kier molecular flexibility index (Phi) is 6.63. The van der Waals surface area contributed by atoms with E-state index in [4.69, 9.17) is 5.11 Å². The van der Waals surface area contributed by atoms with E-state index in [0.717, 1.165) is 19.3 Å². The summed E-state index contributed by atoms with van der Waals surface area (Å²) in [7, 11) is 0. The summed E-state index contributed by atoms with van der Waals surface area (Å²) in [5, 5.41) is 38.9. The third-order valence-electron chi connectivity index (χ3n) is 5.21. The second kappa shape index (κ2) is 8.25. The average molecular weight is 325 g/mol. The molecule has 0 unspecified atom stereocenters. The molecule has 0 saturated heterocycles. The van der Waals surface area contributed by atoms with Crippen molar-refractivity contribution >= 4 is 0 Å². The van der Waals surface area contributed by atoms with Crippen molar-refractivity contribution in [3.8, 4) is 0 Å². The Bertz CT molecular complexity index is 404. The summed E-state index contributed by atoms with van der Waals surface area (Å²) < 4.78 is 0. The molecule has 4 heteroatoms. The van der Waals surface area contributed by atoms with Gasteiger partial charge in [0.1, 0.15) is 0 Å². The maximum Gasteiger partial charge on any atom is 0.0614 e. The van der Waals surface area contributed by atoms with Gasteiger partial charge in [0.2, 0.25) is 0 Å². The van der Waals surface area contributed by atoms with E-state index in [0.29, 0.717) is 31.1 Å². The Morgan fingerprint density at radius 1 is 1.27 bits per heavy atom. The Labute approximate surface area is 133 Å². The van der Waals surface area contributed by atoms with Gasteiger partial charge in [-0.25, -0.2) is 0 Å². The standard InChI is InChI=1S/C18H30O4/c1-12-5-6-13-3-2-4-17(22)18(13)16(12)8-7-14(20)11-15(21)9-10-19/h3,5-6,12,14-22H,2,4,7-11H2,1H3/t12-,14+,15-,16-,17-,18-/m0/s1/i3+1,4+1,6+1,8+1,10+1,12+1,14+1,15+1,18+1,19+2,20+2,21+2. The first-order valence-electron chi connectivity index (χ1n) is 8.56. The van der Waals surface area contributed by atoms with Crippen LogP contribution in [0.4, 0.5) is 0 Å². The third kappa shape index (κ3) is 4.42. The Balaban J connectivity index is 1.91. The molecule has 0 aliphatic heterocycles. The van der Waals surface area contributed by atoms with Crippen LogP contribution in [0.3, 0.4) is 0 Å². The highest BCUT2D eigenvalue weighted by atomic mass is 18.2. The van der Waals surface area contributed by atoms with Crippen LogP contribution in [0.1, 0.15) is 45.4 Å². The molecule has 4 nitrogen and oxygen atoms in total. The summed E-state index contributed by atoms with van der Waals surface area (Å²) in [5.74, 6) is 0.920. The molecule has 0 aromatic carbocycles. The lowest BCUT2D eigenvalue weighted by molar-refractivity contribution is 0.0385. The van der Waals surface area contributed by atoms with Gasteiger partial charge in [-0.1, -0.05) is 25.2 Å². The Morgan fingerprint density at radius 3 is 2.73 bits per heavy atom. The maximum absolute atomic E-state index is 10.4. The predicted octanol–water partition coefficient (Wildman–Crippen LogP) is 1.78. The number of hydrogen-bond donors (Lipinski definition) is 4. The Hall–Kier alpha value is -0.680. The smallest absolute Gasteiger partial charge is 0.0614 e. The molecule has 22 heavy (non-hydrogen) atoms. The van der Waals surface area contributed by atoms with E-state index in [1.54, 1.807) is 0 Å². The molecule has 126 valence electrons. The van der Waals surface area contributed by atoms with Gasteiger partial charge in [-0.15, -0.1) is 0 Å². The van der Waals surface area contributed by atoms with Crippen molar-refractivity contribution in [2.24, 2.45) is 17.8 Å². The molecule has 0 radical (unpaired) electrons. The summed E-state index contributed by atoms with van der Waals surface area (Å²) in [4.78, 5) is 0. The van der Waals surface area contributed by atoms with E-state index in [-0.39, 0.29) is 18.6 Å². The number of aliphatic hydroxyl groups excluding tert-OH is 4. The molecule has 0 saturated carbocycles. The van der Waals surface area contributed by atoms with E-state index in [1.165, 1.54) is 5.57 Å². The van der Waals surface area contributed by atoms with Crippen LogP contribution < -0.4 is 0 Å². The first-order chi connectivity index (χ1) is 10.5. The minimum atomic E-state index is -0.639. The zero-order chi connectivity index (χ0) is 16.1. The molecule has 6 atom stereocenters. The van der Waals surface area contributed by atoms with Crippen LogP contribution in [0.5, 0.6) is 0 Å². The van der Waals surface area contributed by atoms with E-state index in [2.05, 4.69) is 25.2 Å². The summed E-state index contributed by atoms with van der Waals surface area (Å²) >= 11 is 0. The lowest BCUT2D eigenvalue weighted by atomic mass is 10.1. The number of allylic oxidation sites excluding steroid dienone is 3. The van der Waals surface area contributed by atoms with Gasteiger partial charge in [-0.3, -0.25) is 0 Å². The topological polar surface area (TPSA) is 80.9 Å². The molecule has 4 N–H and O–H groups in total. The molecule has 0 bridgehead atoms. The second-order valence-corrected chi connectivity index (χ2v) is 6.89. The monoisotopic (exact) mass is 325 g/mol. The fraction of sp³-hybridized carbons (Fsp3) is 0.778. The van der Waals surface area contributed by atoms with Gasteiger partial charge in [0, 0.05) is 12.5 Å². The van der Waals surface area contributed by atoms with Crippen LogP contribution >= 0.6 is 0 Å². The average Bonchev–Trinajstić information content (AvgIpc) is 2.47. The largest absolute Gasteiger partial charge is 0.396 e. The molecule has 2 aliphatic carbocycles. The molecule has 0 fully saturated rings. The Morgan fingerprint density at radius 2 is 2.00 bits per heavy atom. The summed E-state index contributed by atoms with van der Waals surface area (Å²) in [6.07, 6.45) is 8.97. The molecule has 0 heterocycles. The first-order valence-corrected chi connectivity index (χ1v) is 8.56. The highest BCUT2D eigenvalue weighted by molar-refractivity contribution is 5.30. The minimum Gasteiger partial charge on any atom is -0.396 e. The van der Waals surface area contributed by atoms with E-state index < -0.39 is 12.2 Å². The van der Waals surface area contributed by atoms with Crippen molar-refractivity contribution in [3.05, 3.63) is 23.8 Å². The number of aliphatic hydroxyl groups is 4. The molecule has 0 aromatic heterocycles. The summed E-state index contributed by atoms with van der Waals surface area (Å²) in [5.41, 5.74) is 1.25. The number of fused-ring (bicyclic) bond motifs is 1. The van der Waals surface area contributed by atoms with E-state index >= 15 is 0 Å². The lowest BCUT2D eigenvalue weighted by Crippen LogP contribution is -2.37. The normalized spacial score (nSPS) is 34.0. The molecule has 2 rings (SSSR count). The van der Waals surface area contributed by atoms with Gasteiger partial charge in [0.15, 0.2) is 0 Å². The van der Waals surface area contributed by atoms with Gasteiger partial charge in [0.05, 0.1) is 18.3 Å². The van der Waals surface area contributed by atoms with Crippen LogP contribution in [-0.2, 0) is 0 Å². The molecule has 2 aliphatic rings. The quantitative estimate of drug-likeness (QED) is 0.425. The molecular weight excluding hydrogens is 295 g/mol. The van der Waals surface area contributed by atoms with Gasteiger partial charge >= 0.3 is 0 Å². The van der Waals surface area contributed by atoms with Crippen molar-refractivity contribution in [3.63, 3.8) is 0 Å². The van der Waals surface area contributed by atoms with Crippen LogP contribution in [-0.4, -0.2) is 45.3 Å². The zero-order valence-electron chi connectivity index (χ0n) is 13.4. The molecule has 0 aromatic rings. The summed E-state index contributed by atoms with van der Waals surface area (Å²) in [6, 6.07) is 0. The van der Waals surface area contributed by atoms with Crippen molar-refractivity contribution < 1.29 is 20.4 Å². The van der Waals surface area contributed by atoms with Crippen molar-refractivity contribution in [2.45, 2.75) is 63.8 Å². The van der Waals surface area contributed by atoms with E-state index in [1.807, 2.05) is 0 Å². The second-order valence-electron chi connectivity index (χ2n) is 6.89. The van der Waals surface area contributed by atoms with Crippen LogP contribution in [0.25, 0.3) is 0 Å². The van der Waals surface area contributed by atoms with Crippen molar-refractivity contribution in [2.75, 3.05) is 6.61 Å². The fourth-order valence-electron chi connectivity index (χ4n) is 3.93. The lowest BCUT2D eigenvalue weighted by Gasteiger charge is -2.40. The van der Waals surface area contributed by atoms with Crippen molar-refractivity contribution in [1.29, 1.82) is 0 Å². The zero-order valence-corrected chi connectivity index (χ0v) is 13.4.